The van der Waals surface area contributed by atoms with Gasteiger partial charge in [0.05, 0.1) is 32.1 Å². The van der Waals surface area contributed by atoms with Crippen molar-refractivity contribution in [3.05, 3.63) is 0 Å². The summed E-state index contributed by atoms with van der Waals surface area (Å²) in [5, 5.41) is 53.7. The number of carboxylic acids is 2. The molecule has 402 valence electrons. The van der Waals surface area contributed by atoms with Gasteiger partial charge in [-0.3, -0.25) is 47.9 Å². The number of primary amides is 1. The van der Waals surface area contributed by atoms with Crippen LogP contribution in [0.2, 0.25) is 0 Å². The minimum atomic E-state index is -1.83. The molecule has 0 spiro atoms. The summed E-state index contributed by atoms with van der Waals surface area (Å²) in [4.78, 5) is 131. The van der Waals surface area contributed by atoms with Crippen LogP contribution >= 0.6 is 0 Å². The second-order valence-corrected chi connectivity index (χ2v) is 18.8. The number of nitrogens with two attached hydrogens (primary N) is 2. The first-order valence-corrected chi connectivity index (χ1v) is 24.7. The number of hydrogen-bond donors (Lipinski definition) is 12. The van der Waals surface area contributed by atoms with Crippen molar-refractivity contribution in [3.63, 3.8) is 0 Å². The molecule has 0 aliphatic carbocycles. The maximum Gasteiger partial charge on any atom is 0.305 e. The summed E-state index contributed by atoms with van der Waals surface area (Å²) < 4.78 is 0. The molecule has 23 heteroatoms. The molecule has 0 radical (unpaired) electrons. The Morgan fingerprint density at radius 1 is 0.471 bits per heavy atom. The van der Waals surface area contributed by atoms with E-state index in [4.69, 9.17) is 11.5 Å². The van der Waals surface area contributed by atoms with Gasteiger partial charge in [-0.05, 0) is 37.5 Å². The fourth-order valence-corrected chi connectivity index (χ4v) is 7.46. The Kier molecular flexibility index (Phi) is 32.9. The molecule has 0 fully saturated rings. The van der Waals surface area contributed by atoms with Crippen molar-refractivity contribution in [1.82, 2.24) is 36.8 Å². The lowest BCUT2D eigenvalue weighted by Crippen LogP contribution is -2.61. The number of carboxylic acid groups (broad SMARTS) is 2. The summed E-state index contributed by atoms with van der Waals surface area (Å²) >= 11 is 0. The average Bonchev–Trinajstić information content (AvgIpc) is 3.28. The highest BCUT2D eigenvalue weighted by atomic mass is 16.4. The van der Waals surface area contributed by atoms with E-state index in [0.29, 0.717) is 25.7 Å². The first-order chi connectivity index (χ1) is 32.9. The normalized spacial score (nSPS) is 14.7. The molecular weight excluding hydrogens is 915 g/mol. The molecule has 0 bridgehead atoms. The summed E-state index contributed by atoms with van der Waals surface area (Å²) in [6.45, 7) is 9.26. The van der Waals surface area contributed by atoms with Crippen LogP contribution < -0.4 is 43.4 Å². The lowest BCUT2D eigenvalue weighted by Gasteiger charge is -2.33. The number of hydrogen-bond acceptors (Lipinski definition) is 13. The lowest BCUT2D eigenvalue weighted by molar-refractivity contribution is -0.145. The molecule has 8 unspecified atom stereocenters. The maximum absolute atomic E-state index is 14.0. The van der Waals surface area contributed by atoms with Crippen molar-refractivity contribution in [2.75, 3.05) is 20.3 Å². The summed E-state index contributed by atoms with van der Waals surface area (Å²) in [6.07, 6.45) is 9.02. The van der Waals surface area contributed by atoms with Crippen LogP contribution in [0, 0.1) is 11.8 Å². The topological polar surface area (TPSA) is 379 Å². The monoisotopic (exact) mass is 1000 g/mol. The maximum atomic E-state index is 14.0. The third-order valence-electron chi connectivity index (χ3n) is 11.5. The molecule has 14 N–H and O–H groups in total. The van der Waals surface area contributed by atoms with Gasteiger partial charge in [0.1, 0.15) is 42.3 Å². The van der Waals surface area contributed by atoms with Gasteiger partial charge in [0.2, 0.25) is 47.3 Å². The molecule has 0 aliphatic heterocycles. The van der Waals surface area contributed by atoms with Crippen LogP contribution in [0.15, 0.2) is 0 Å². The fraction of sp³-hybridized carbons (Fsp3) is 0.787. The number of nitrogens with zero attached hydrogens (tertiary/aromatic N) is 1. The third-order valence-corrected chi connectivity index (χ3v) is 11.5. The molecule has 0 aromatic rings. The van der Waals surface area contributed by atoms with Gasteiger partial charge < -0.3 is 68.7 Å². The SMILES string of the molecule is CCCCCCCCC(N)C(=O)NC(CO)C(=O)NC(CC(C)C)C(=O)NC(CO)C(=O)N(C)C(CC(C)C)C(=O)NC(CC(=O)O)C(=O)NC(CCCCCCCC)C(=O)NC(CC(=O)O)C(N)=O. The highest BCUT2D eigenvalue weighted by Gasteiger charge is 2.37. The minimum Gasteiger partial charge on any atom is -0.481 e. The average molecular weight is 1000 g/mol. The summed E-state index contributed by atoms with van der Waals surface area (Å²) in [5.74, 6) is -11.2. The van der Waals surface area contributed by atoms with Gasteiger partial charge in [-0.1, -0.05) is 119 Å². The van der Waals surface area contributed by atoms with Gasteiger partial charge in [0.15, 0.2) is 0 Å². The second kappa shape index (κ2) is 35.6. The number of aliphatic hydroxyl groups excluding tert-OH is 2. The van der Waals surface area contributed by atoms with Crippen LogP contribution in [-0.4, -0.2) is 153 Å². The third kappa shape index (κ3) is 26.5. The van der Waals surface area contributed by atoms with Gasteiger partial charge in [0.25, 0.3) is 0 Å². The molecule has 23 nitrogen and oxygen atoms in total. The number of aliphatic hydroxyl groups is 2. The van der Waals surface area contributed by atoms with Crippen LogP contribution in [0.25, 0.3) is 0 Å². The Morgan fingerprint density at radius 2 is 0.857 bits per heavy atom. The highest BCUT2D eigenvalue weighted by molar-refractivity contribution is 5.98. The molecule has 0 saturated heterocycles. The number of aliphatic carboxylic acids is 2. The van der Waals surface area contributed by atoms with Gasteiger partial charge in [-0.2, -0.15) is 0 Å². The van der Waals surface area contributed by atoms with Crippen LogP contribution in [0.4, 0.5) is 0 Å². The summed E-state index contributed by atoms with van der Waals surface area (Å²) in [7, 11) is 1.20. The van der Waals surface area contributed by atoms with Gasteiger partial charge in [0, 0.05) is 7.05 Å². The van der Waals surface area contributed by atoms with E-state index < -0.39 is 134 Å². The van der Waals surface area contributed by atoms with Crippen molar-refractivity contribution in [2.45, 2.75) is 205 Å². The van der Waals surface area contributed by atoms with E-state index in [-0.39, 0.29) is 31.1 Å². The predicted octanol–water partition coefficient (Wildman–Crippen LogP) is 0.0622. The molecule has 0 aromatic carbocycles. The number of rotatable bonds is 39. The Morgan fingerprint density at radius 3 is 1.34 bits per heavy atom. The van der Waals surface area contributed by atoms with E-state index in [2.05, 4.69) is 38.8 Å². The molecule has 70 heavy (non-hydrogen) atoms. The minimum absolute atomic E-state index is 0.00811. The van der Waals surface area contributed by atoms with E-state index >= 15 is 0 Å². The van der Waals surface area contributed by atoms with Crippen molar-refractivity contribution in [1.29, 1.82) is 0 Å². The predicted molar refractivity (Wildman–Crippen MR) is 259 cm³/mol. The van der Waals surface area contributed by atoms with Crippen molar-refractivity contribution < 1.29 is 68.4 Å². The van der Waals surface area contributed by atoms with Crippen molar-refractivity contribution >= 4 is 59.2 Å². The zero-order valence-electron chi connectivity index (χ0n) is 42.4. The standard InChI is InChI=1S/C47H85N9O14/c1-8-10-12-14-16-18-20-30(48)41(64)54-35(26-57)45(68)52-33(22-28(3)4)43(66)55-36(27-58)47(70)56(7)37(23-29(5)6)46(69)53-34(25-39(61)62)44(67)50-31(21-19-17-15-13-11-9-2)42(65)51-32(40(49)63)24-38(59)60/h28-37,57-58H,8-27,48H2,1-7H3,(H2,49,63)(H,50,67)(H,51,65)(H,52,68)(H,53,69)(H,54,64)(H,55,66)(H,59,60)(H,61,62). The smallest absolute Gasteiger partial charge is 0.305 e. The molecule has 8 amide bonds. The largest absolute Gasteiger partial charge is 0.481 e. The van der Waals surface area contributed by atoms with Crippen LogP contribution in [0.3, 0.4) is 0 Å². The Labute approximate surface area is 412 Å². The number of nitrogens with one attached hydrogen (secondary N) is 6. The number of carbonyl (C=O) groups is 10. The number of likely N-dealkylation sites (N-methyl/N-ethyl adjacent to an activating group) is 1. The number of carbonyl (C=O) groups excluding carboxylic acids is 8. The van der Waals surface area contributed by atoms with E-state index in [9.17, 15) is 68.4 Å². The van der Waals surface area contributed by atoms with E-state index in [1.807, 2.05) is 6.92 Å². The Balaban J connectivity index is 6.34. The van der Waals surface area contributed by atoms with Crippen LogP contribution in [0.5, 0.6) is 0 Å². The molecule has 0 heterocycles. The quantitative estimate of drug-likeness (QED) is 0.0363. The van der Waals surface area contributed by atoms with E-state index in [1.165, 1.54) is 7.05 Å². The second-order valence-electron chi connectivity index (χ2n) is 18.8. The van der Waals surface area contributed by atoms with Gasteiger partial charge in [-0.25, -0.2) is 0 Å². The van der Waals surface area contributed by atoms with Gasteiger partial charge in [-0.15, -0.1) is 0 Å². The first kappa shape index (κ1) is 64.6. The lowest BCUT2D eigenvalue weighted by atomic mass is 9.99. The van der Waals surface area contributed by atoms with Crippen LogP contribution in [0.1, 0.15) is 157 Å². The fourth-order valence-electron chi connectivity index (χ4n) is 7.46. The molecule has 0 rings (SSSR count). The van der Waals surface area contributed by atoms with Crippen molar-refractivity contribution in [3.8, 4) is 0 Å². The molecule has 8 atom stereocenters. The Bertz CT molecular complexity index is 1680. The van der Waals surface area contributed by atoms with Gasteiger partial charge >= 0.3 is 11.9 Å². The molecular formula is C47H85N9O14. The molecule has 0 aliphatic rings. The van der Waals surface area contributed by atoms with E-state index in [0.717, 1.165) is 62.7 Å². The molecule has 0 saturated carbocycles. The zero-order chi connectivity index (χ0) is 53.5. The number of amides is 8. The Hall–Kier alpha value is -5.42. The van der Waals surface area contributed by atoms with Crippen LogP contribution in [-0.2, 0) is 47.9 Å². The van der Waals surface area contributed by atoms with E-state index in [1.54, 1.807) is 27.7 Å². The number of unbranched alkanes of at least 4 members (excludes halogenated alkanes) is 10. The molecule has 0 aromatic heterocycles. The highest BCUT2D eigenvalue weighted by Crippen LogP contribution is 2.15. The summed E-state index contributed by atoms with van der Waals surface area (Å²) in [6, 6.07) is -11.7. The van der Waals surface area contributed by atoms with Crippen molar-refractivity contribution in [2.24, 2.45) is 23.3 Å². The first-order valence-electron chi connectivity index (χ1n) is 24.7. The zero-order valence-corrected chi connectivity index (χ0v) is 42.4. The summed E-state index contributed by atoms with van der Waals surface area (Å²) in [5.41, 5.74) is 11.4.